The van der Waals surface area contributed by atoms with Crippen molar-refractivity contribution in [3.8, 4) is 0 Å². The highest BCUT2D eigenvalue weighted by atomic mass is 16.6. The van der Waals surface area contributed by atoms with Crippen LogP contribution in [0.4, 0.5) is 0 Å². The molecule has 0 aromatic carbocycles. The number of allylic oxidation sites excluding steroid dienone is 2. The maximum atomic E-state index is 12.8. The summed E-state index contributed by atoms with van der Waals surface area (Å²) in [6, 6.07) is 0. The van der Waals surface area contributed by atoms with Gasteiger partial charge in [-0.2, -0.15) is 0 Å². The van der Waals surface area contributed by atoms with E-state index in [1.807, 2.05) is 0 Å². The third-order valence-electron chi connectivity index (χ3n) is 12.8. The van der Waals surface area contributed by atoms with E-state index in [2.05, 4.69) is 32.9 Å². The Hall–Kier alpha value is -1.85. The van der Waals surface area contributed by atoms with Crippen molar-refractivity contribution in [3.05, 3.63) is 12.2 Å². The van der Waals surface area contributed by atoms with Crippen molar-refractivity contribution < 1.29 is 28.6 Å². The molecular formula is C57H108O6. The molecular weight excluding hydrogens is 781 g/mol. The third kappa shape index (κ3) is 51.0. The van der Waals surface area contributed by atoms with Crippen molar-refractivity contribution >= 4 is 17.9 Å². The second-order valence-electron chi connectivity index (χ2n) is 19.2. The quantitative estimate of drug-likeness (QED) is 0.0262. The molecule has 372 valence electrons. The summed E-state index contributed by atoms with van der Waals surface area (Å²) in [5, 5.41) is 0. The Balaban J connectivity index is 4.24. The summed E-state index contributed by atoms with van der Waals surface area (Å²) in [6.07, 6.45) is 59.2. The lowest BCUT2D eigenvalue weighted by Crippen LogP contribution is -2.30. The van der Waals surface area contributed by atoms with Crippen LogP contribution in [0, 0.1) is 0 Å². The molecule has 63 heavy (non-hydrogen) atoms. The minimum Gasteiger partial charge on any atom is -0.462 e. The number of rotatable bonds is 52. The number of hydrogen-bond donors (Lipinski definition) is 0. The summed E-state index contributed by atoms with van der Waals surface area (Å²) in [5.74, 6) is -0.856. The van der Waals surface area contributed by atoms with Gasteiger partial charge in [0.05, 0.1) is 0 Å². The van der Waals surface area contributed by atoms with Crippen LogP contribution in [-0.4, -0.2) is 37.2 Å². The Morgan fingerprint density at radius 2 is 0.556 bits per heavy atom. The first-order chi connectivity index (χ1) is 31.0. The van der Waals surface area contributed by atoms with E-state index < -0.39 is 6.10 Å². The van der Waals surface area contributed by atoms with Gasteiger partial charge in [-0.15, -0.1) is 0 Å². The van der Waals surface area contributed by atoms with Gasteiger partial charge in [0, 0.05) is 19.3 Å². The molecule has 6 heteroatoms. The van der Waals surface area contributed by atoms with E-state index in [9.17, 15) is 14.4 Å². The van der Waals surface area contributed by atoms with E-state index in [0.717, 1.165) is 70.6 Å². The highest BCUT2D eigenvalue weighted by Gasteiger charge is 2.19. The van der Waals surface area contributed by atoms with Crippen LogP contribution < -0.4 is 0 Å². The van der Waals surface area contributed by atoms with E-state index in [4.69, 9.17) is 14.2 Å². The van der Waals surface area contributed by atoms with E-state index in [-0.39, 0.29) is 31.1 Å². The number of carbonyl (C=O) groups is 3. The number of unbranched alkanes of at least 4 members (excludes halogenated alkanes) is 39. The standard InChI is InChI=1S/C57H108O6/c1-4-7-10-13-16-19-22-24-26-28-29-30-32-33-35-38-41-44-47-50-56(59)62-53-54(52-61-55(58)49-46-43-40-37-21-18-15-12-9-6-3)63-57(60)51-48-45-42-39-36-34-31-27-25-23-20-17-14-11-8-5-2/h12,15,54H,4-11,13-14,16-53H2,1-3H3/b15-12-. The molecule has 0 aromatic rings. The lowest BCUT2D eigenvalue weighted by atomic mass is 10.0. The molecule has 0 N–H and O–H groups in total. The van der Waals surface area contributed by atoms with Crippen molar-refractivity contribution in [1.82, 2.24) is 0 Å². The molecule has 1 atom stereocenters. The SMILES string of the molecule is CCC/C=C\CCCCCCCC(=O)OCC(COC(=O)CCCCCCCCCCCCCCCCCCCCC)OC(=O)CCCCCCCCCCCCCCCCCC. The van der Waals surface area contributed by atoms with Gasteiger partial charge in [0.15, 0.2) is 6.10 Å². The highest BCUT2D eigenvalue weighted by Crippen LogP contribution is 2.17. The minimum absolute atomic E-state index is 0.0668. The van der Waals surface area contributed by atoms with Crippen LogP contribution in [0.2, 0.25) is 0 Å². The molecule has 0 saturated heterocycles. The zero-order valence-corrected chi connectivity index (χ0v) is 42.6. The molecule has 0 rings (SSSR count). The topological polar surface area (TPSA) is 78.9 Å². The smallest absolute Gasteiger partial charge is 0.306 e. The molecule has 0 fully saturated rings. The van der Waals surface area contributed by atoms with Crippen molar-refractivity contribution in [3.63, 3.8) is 0 Å². The largest absolute Gasteiger partial charge is 0.462 e. The summed E-state index contributed by atoms with van der Waals surface area (Å²) in [6.45, 7) is 6.63. The van der Waals surface area contributed by atoms with Crippen LogP contribution in [0.25, 0.3) is 0 Å². The molecule has 0 spiro atoms. The molecule has 0 saturated carbocycles. The predicted molar refractivity (Wildman–Crippen MR) is 270 cm³/mol. The number of esters is 3. The Bertz CT molecular complexity index is 978. The van der Waals surface area contributed by atoms with Crippen molar-refractivity contribution in [1.29, 1.82) is 0 Å². The van der Waals surface area contributed by atoms with Gasteiger partial charge in [-0.1, -0.05) is 270 Å². The molecule has 0 aliphatic rings. The van der Waals surface area contributed by atoms with Crippen molar-refractivity contribution in [2.75, 3.05) is 13.2 Å². The van der Waals surface area contributed by atoms with Crippen LogP contribution >= 0.6 is 0 Å². The van der Waals surface area contributed by atoms with Gasteiger partial charge in [0.1, 0.15) is 13.2 Å². The molecule has 6 nitrogen and oxygen atoms in total. The lowest BCUT2D eigenvalue weighted by molar-refractivity contribution is -0.167. The summed E-state index contributed by atoms with van der Waals surface area (Å²) in [7, 11) is 0. The fourth-order valence-corrected chi connectivity index (χ4v) is 8.51. The summed E-state index contributed by atoms with van der Waals surface area (Å²) in [4.78, 5) is 38.0. The number of hydrogen-bond acceptors (Lipinski definition) is 6. The Labute approximate surface area is 392 Å². The third-order valence-corrected chi connectivity index (χ3v) is 12.8. The second-order valence-corrected chi connectivity index (χ2v) is 19.2. The van der Waals surface area contributed by atoms with Gasteiger partial charge < -0.3 is 14.2 Å². The fraction of sp³-hybridized carbons (Fsp3) is 0.912. The van der Waals surface area contributed by atoms with Gasteiger partial charge in [0.25, 0.3) is 0 Å². The minimum atomic E-state index is -0.766. The summed E-state index contributed by atoms with van der Waals surface area (Å²) < 4.78 is 16.8. The number of ether oxygens (including phenoxy) is 3. The van der Waals surface area contributed by atoms with E-state index in [0.29, 0.717) is 19.3 Å². The van der Waals surface area contributed by atoms with Gasteiger partial charge >= 0.3 is 17.9 Å². The van der Waals surface area contributed by atoms with Crippen LogP contribution in [0.1, 0.15) is 316 Å². The number of carbonyl (C=O) groups excluding carboxylic acids is 3. The first-order valence-corrected chi connectivity index (χ1v) is 28.2. The van der Waals surface area contributed by atoms with Gasteiger partial charge in [0.2, 0.25) is 0 Å². The zero-order valence-electron chi connectivity index (χ0n) is 42.6. The lowest BCUT2D eigenvalue weighted by Gasteiger charge is -2.18. The molecule has 0 aromatic heterocycles. The van der Waals surface area contributed by atoms with Gasteiger partial charge in [-0.25, -0.2) is 0 Å². The maximum Gasteiger partial charge on any atom is 0.306 e. The Kier molecular flexibility index (Phi) is 51.2. The molecule has 0 amide bonds. The molecule has 0 heterocycles. The molecule has 0 aliphatic heterocycles. The average molecular weight is 889 g/mol. The molecule has 0 aliphatic carbocycles. The van der Waals surface area contributed by atoms with E-state index in [1.165, 1.54) is 205 Å². The Morgan fingerprint density at radius 3 is 0.857 bits per heavy atom. The molecule has 0 radical (unpaired) electrons. The van der Waals surface area contributed by atoms with Crippen LogP contribution in [0.15, 0.2) is 12.2 Å². The second kappa shape index (κ2) is 52.8. The normalized spacial score (nSPS) is 12.0. The van der Waals surface area contributed by atoms with Crippen molar-refractivity contribution in [2.45, 2.75) is 322 Å². The fourth-order valence-electron chi connectivity index (χ4n) is 8.51. The van der Waals surface area contributed by atoms with Gasteiger partial charge in [-0.3, -0.25) is 14.4 Å². The molecule has 1 unspecified atom stereocenters. The van der Waals surface area contributed by atoms with Crippen molar-refractivity contribution in [2.24, 2.45) is 0 Å². The van der Waals surface area contributed by atoms with E-state index >= 15 is 0 Å². The van der Waals surface area contributed by atoms with Crippen LogP contribution in [0.3, 0.4) is 0 Å². The zero-order chi connectivity index (χ0) is 45.8. The summed E-state index contributed by atoms with van der Waals surface area (Å²) >= 11 is 0. The van der Waals surface area contributed by atoms with Gasteiger partial charge in [-0.05, 0) is 38.5 Å². The van der Waals surface area contributed by atoms with E-state index in [1.54, 1.807) is 0 Å². The first kappa shape index (κ1) is 61.1. The average Bonchev–Trinajstić information content (AvgIpc) is 3.28. The summed E-state index contributed by atoms with van der Waals surface area (Å²) in [5.41, 5.74) is 0. The predicted octanol–water partition coefficient (Wildman–Crippen LogP) is 18.5. The van der Waals surface area contributed by atoms with Crippen LogP contribution in [-0.2, 0) is 28.6 Å². The van der Waals surface area contributed by atoms with Crippen LogP contribution in [0.5, 0.6) is 0 Å². The highest BCUT2D eigenvalue weighted by molar-refractivity contribution is 5.71. The Morgan fingerprint density at radius 1 is 0.302 bits per heavy atom. The monoisotopic (exact) mass is 889 g/mol. The first-order valence-electron chi connectivity index (χ1n) is 28.2. The maximum absolute atomic E-state index is 12.8. The molecule has 0 bridgehead atoms.